The summed E-state index contributed by atoms with van der Waals surface area (Å²) in [6, 6.07) is 0. The molecule has 0 N–H and O–H groups in total. The van der Waals surface area contributed by atoms with Crippen molar-refractivity contribution in [3.05, 3.63) is 0 Å². The van der Waals surface area contributed by atoms with Gasteiger partial charge in [-0.15, -0.1) is 0 Å². The Hall–Kier alpha value is 0.0200. The molecule has 1 aliphatic rings. The van der Waals surface area contributed by atoms with E-state index >= 15 is 0 Å². The molecule has 0 aromatic rings. The Morgan fingerprint density at radius 3 is 2.80 bits per heavy atom. The zero-order valence-corrected chi connectivity index (χ0v) is 7.07. The standard InChI is InChI=1S/C5H11O2P.CH2O/c8-7-4-5-2-1-3-6-5;1-2/h5H,1-4,8H2;1H2. The summed E-state index contributed by atoms with van der Waals surface area (Å²) in [7, 11) is 2.23. The molecule has 1 aliphatic heterocycles. The highest BCUT2D eigenvalue weighted by molar-refractivity contribution is 7.09. The minimum absolute atomic E-state index is 0.368. The van der Waals surface area contributed by atoms with Crippen molar-refractivity contribution in [3.63, 3.8) is 0 Å². The summed E-state index contributed by atoms with van der Waals surface area (Å²) in [5.41, 5.74) is 0. The first-order valence-electron chi connectivity index (χ1n) is 3.15. The van der Waals surface area contributed by atoms with Gasteiger partial charge in [0.2, 0.25) is 0 Å². The maximum absolute atomic E-state index is 8.00. The summed E-state index contributed by atoms with van der Waals surface area (Å²) in [4.78, 5) is 8.00. The molecular formula is C6H13O3P. The molecule has 0 saturated carbocycles. The highest BCUT2D eigenvalue weighted by atomic mass is 31.0. The van der Waals surface area contributed by atoms with Crippen LogP contribution in [0.4, 0.5) is 0 Å². The van der Waals surface area contributed by atoms with Crippen LogP contribution in [0.1, 0.15) is 12.8 Å². The second-order valence-electron chi connectivity index (χ2n) is 1.97. The van der Waals surface area contributed by atoms with Crippen LogP contribution in [0.5, 0.6) is 0 Å². The lowest BCUT2D eigenvalue weighted by atomic mass is 10.2. The van der Waals surface area contributed by atoms with E-state index in [9.17, 15) is 0 Å². The lowest BCUT2D eigenvalue weighted by molar-refractivity contribution is -0.0979. The molecule has 1 heterocycles. The highest BCUT2D eigenvalue weighted by Gasteiger charge is 2.13. The van der Waals surface area contributed by atoms with Gasteiger partial charge in [0.05, 0.1) is 12.7 Å². The van der Waals surface area contributed by atoms with Gasteiger partial charge >= 0.3 is 0 Å². The second kappa shape index (κ2) is 7.13. The van der Waals surface area contributed by atoms with Crippen LogP contribution < -0.4 is 0 Å². The predicted octanol–water partition coefficient (Wildman–Crippen LogP) is 0.787. The van der Waals surface area contributed by atoms with E-state index < -0.39 is 0 Å². The van der Waals surface area contributed by atoms with E-state index in [4.69, 9.17) is 14.1 Å². The van der Waals surface area contributed by atoms with Gasteiger partial charge in [0.1, 0.15) is 6.79 Å². The summed E-state index contributed by atoms with van der Waals surface area (Å²) in [6.45, 7) is 3.64. The molecule has 0 amide bonds. The number of ether oxygens (including phenoxy) is 1. The molecule has 0 aromatic heterocycles. The topological polar surface area (TPSA) is 35.5 Å². The number of rotatable bonds is 2. The van der Waals surface area contributed by atoms with Crippen LogP contribution in [0.25, 0.3) is 0 Å². The molecule has 1 rings (SSSR count). The quantitative estimate of drug-likeness (QED) is 0.566. The molecule has 0 radical (unpaired) electrons. The molecule has 1 fully saturated rings. The average molecular weight is 164 g/mol. The van der Waals surface area contributed by atoms with Gasteiger partial charge in [-0.1, -0.05) is 0 Å². The average Bonchev–Trinajstić information content (AvgIpc) is 2.46. The summed E-state index contributed by atoms with van der Waals surface area (Å²) in [5, 5.41) is 0. The number of hydrogen-bond donors (Lipinski definition) is 0. The lowest BCUT2D eigenvalue weighted by Gasteiger charge is -2.04. The largest absolute Gasteiger partial charge is 0.376 e. The Morgan fingerprint density at radius 2 is 2.40 bits per heavy atom. The van der Waals surface area contributed by atoms with Gasteiger partial charge in [-0.3, -0.25) is 0 Å². The van der Waals surface area contributed by atoms with Crippen molar-refractivity contribution in [1.29, 1.82) is 0 Å². The molecule has 60 valence electrons. The minimum atomic E-state index is 0.368. The summed E-state index contributed by atoms with van der Waals surface area (Å²) in [6.07, 6.45) is 2.72. The molecule has 0 bridgehead atoms. The van der Waals surface area contributed by atoms with Crippen LogP contribution in [-0.4, -0.2) is 26.1 Å². The van der Waals surface area contributed by atoms with E-state index in [0.29, 0.717) is 6.10 Å². The normalized spacial score (nSPS) is 23.5. The Morgan fingerprint density at radius 1 is 1.70 bits per heavy atom. The molecular weight excluding hydrogens is 151 g/mol. The fraction of sp³-hybridized carbons (Fsp3) is 0.833. The van der Waals surface area contributed by atoms with Gasteiger partial charge < -0.3 is 14.1 Å². The van der Waals surface area contributed by atoms with Crippen molar-refractivity contribution >= 4 is 16.3 Å². The first kappa shape index (κ1) is 10.0. The van der Waals surface area contributed by atoms with E-state index in [1.165, 1.54) is 6.42 Å². The predicted molar refractivity (Wildman–Crippen MR) is 41.8 cm³/mol. The fourth-order valence-corrected chi connectivity index (χ4v) is 1.10. The number of carbonyl (C=O) groups is 1. The number of hydrogen-bond acceptors (Lipinski definition) is 3. The van der Waals surface area contributed by atoms with Crippen LogP contribution in [0.3, 0.4) is 0 Å². The van der Waals surface area contributed by atoms with Gasteiger partial charge in [-0.2, -0.15) is 0 Å². The molecule has 2 atom stereocenters. The van der Waals surface area contributed by atoms with Crippen LogP contribution in [0, 0.1) is 0 Å². The van der Waals surface area contributed by atoms with Gasteiger partial charge in [0.25, 0.3) is 0 Å². The lowest BCUT2D eigenvalue weighted by Crippen LogP contribution is -2.09. The van der Waals surface area contributed by atoms with Gasteiger partial charge in [0, 0.05) is 16.1 Å². The van der Waals surface area contributed by atoms with Crippen LogP contribution in [0.2, 0.25) is 0 Å². The Bertz CT molecular complexity index is 73.4. The Labute approximate surface area is 63.4 Å². The first-order valence-corrected chi connectivity index (χ1v) is 3.63. The Kier molecular flexibility index (Phi) is 7.15. The SMILES string of the molecule is C=O.POCC1CCCO1. The third-order valence-electron chi connectivity index (χ3n) is 1.31. The van der Waals surface area contributed by atoms with E-state index in [-0.39, 0.29) is 0 Å². The molecule has 3 nitrogen and oxygen atoms in total. The minimum Gasteiger partial charge on any atom is -0.376 e. The van der Waals surface area contributed by atoms with Crippen LogP contribution in [-0.2, 0) is 14.1 Å². The zero-order valence-electron chi connectivity index (χ0n) is 5.91. The van der Waals surface area contributed by atoms with Crippen molar-refractivity contribution in [1.82, 2.24) is 0 Å². The van der Waals surface area contributed by atoms with Crippen molar-refractivity contribution in [2.75, 3.05) is 13.2 Å². The van der Waals surface area contributed by atoms with E-state index in [1.54, 1.807) is 0 Å². The second-order valence-corrected chi connectivity index (χ2v) is 2.30. The van der Waals surface area contributed by atoms with Crippen molar-refractivity contribution < 1.29 is 14.1 Å². The van der Waals surface area contributed by atoms with Crippen molar-refractivity contribution in [2.45, 2.75) is 18.9 Å². The number of carbonyl (C=O) groups excluding carboxylic acids is 1. The third-order valence-corrected chi connectivity index (χ3v) is 1.50. The summed E-state index contributed by atoms with van der Waals surface area (Å²) < 4.78 is 10.1. The molecule has 1 saturated heterocycles. The van der Waals surface area contributed by atoms with Gasteiger partial charge in [-0.25, -0.2) is 0 Å². The van der Waals surface area contributed by atoms with E-state index in [0.717, 1.165) is 19.6 Å². The van der Waals surface area contributed by atoms with E-state index in [2.05, 4.69) is 9.47 Å². The third kappa shape index (κ3) is 3.94. The molecule has 4 heteroatoms. The monoisotopic (exact) mass is 164 g/mol. The molecule has 0 aromatic carbocycles. The maximum atomic E-state index is 8.00. The smallest absolute Gasteiger partial charge is 0.106 e. The molecule has 10 heavy (non-hydrogen) atoms. The highest BCUT2D eigenvalue weighted by Crippen LogP contribution is 2.12. The van der Waals surface area contributed by atoms with Crippen LogP contribution >= 0.6 is 9.47 Å². The summed E-state index contributed by atoms with van der Waals surface area (Å²) >= 11 is 0. The van der Waals surface area contributed by atoms with Crippen molar-refractivity contribution in [2.24, 2.45) is 0 Å². The van der Waals surface area contributed by atoms with Crippen molar-refractivity contribution in [3.8, 4) is 0 Å². The Balaban J connectivity index is 0.000000371. The van der Waals surface area contributed by atoms with Gasteiger partial charge in [-0.05, 0) is 12.8 Å². The first-order chi connectivity index (χ1) is 4.93. The molecule has 0 spiro atoms. The molecule has 0 aliphatic carbocycles. The maximum Gasteiger partial charge on any atom is 0.106 e. The summed E-state index contributed by atoms with van der Waals surface area (Å²) in [5.74, 6) is 0. The molecule has 2 unspecified atom stereocenters. The van der Waals surface area contributed by atoms with Crippen LogP contribution in [0.15, 0.2) is 0 Å². The zero-order chi connectivity index (χ0) is 7.82. The fourth-order valence-electron chi connectivity index (χ4n) is 0.883. The van der Waals surface area contributed by atoms with E-state index in [1.807, 2.05) is 6.79 Å². The van der Waals surface area contributed by atoms with Gasteiger partial charge in [0.15, 0.2) is 0 Å².